The minimum atomic E-state index is -1.38. The van der Waals surface area contributed by atoms with E-state index < -0.39 is 25.3 Å². The van der Waals surface area contributed by atoms with Crippen molar-refractivity contribution in [2.24, 2.45) is 0 Å². The van der Waals surface area contributed by atoms with E-state index in [1.807, 2.05) is 12.2 Å². The van der Waals surface area contributed by atoms with Gasteiger partial charge in [0.05, 0.1) is 38.2 Å². The van der Waals surface area contributed by atoms with E-state index in [-0.39, 0.29) is 37.3 Å². The van der Waals surface area contributed by atoms with Crippen LogP contribution in [0, 0.1) is 0 Å². The summed E-state index contributed by atoms with van der Waals surface area (Å²) in [5, 5.41) is 4.99. The molecule has 0 bridgehead atoms. The van der Waals surface area contributed by atoms with Crippen LogP contribution in [0.1, 0.15) is 34.1 Å². The number of carbonyl (C=O) groups is 4. The Hall–Kier alpha value is -1.72. The molecule has 2 N–H and O–H groups in total. The quantitative estimate of drug-likeness (QED) is 0.100. The summed E-state index contributed by atoms with van der Waals surface area (Å²) in [5.74, 6) is -1.29. The van der Waals surface area contributed by atoms with E-state index in [1.54, 1.807) is 32.7 Å². The molecule has 0 spiro atoms. The zero-order valence-corrected chi connectivity index (χ0v) is 21.1. The number of esters is 2. The van der Waals surface area contributed by atoms with Crippen LogP contribution < -0.4 is 10.4 Å². The largest absolute Gasteiger partial charge is 0.468 e. The van der Waals surface area contributed by atoms with Crippen molar-refractivity contribution in [3.05, 3.63) is 12.3 Å². The van der Waals surface area contributed by atoms with Crippen LogP contribution in [-0.4, -0.2) is 80.7 Å². The van der Waals surface area contributed by atoms with E-state index in [2.05, 4.69) is 9.82 Å². The number of methoxy groups -OCH3 is 1. The van der Waals surface area contributed by atoms with Gasteiger partial charge in [-0.1, -0.05) is 18.3 Å². The molecule has 0 aromatic heterocycles. The Morgan fingerprint density at radius 2 is 1.88 bits per heavy atom. The molecule has 13 heteroatoms. The summed E-state index contributed by atoms with van der Waals surface area (Å²) in [5.41, 5.74) is 0. The highest BCUT2D eigenvalue weighted by atomic mass is 32.7. The second-order valence-electron chi connectivity index (χ2n) is 6.65. The Labute approximate surface area is 194 Å². The normalized spacial score (nSPS) is 14.0. The van der Waals surface area contributed by atoms with Gasteiger partial charge in [-0.15, -0.1) is 0 Å². The molecule has 3 atom stereocenters. The molecule has 0 saturated heterocycles. The van der Waals surface area contributed by atoms with Crippen molar-refractivity contribution < 1.29 is 37.9 Å². The third kappa shape index (κ3) is 15.1. The summed E-state index contributed by atoms with van der Waals surface area (Å²) < 4.78 is 21.6. The molecule has 0 aromatic carbocycles. The summed E-state index contributed by atoms with van der Waals surface area (Å²) in [6.07, 6.45) is 2.78. The van der Waals surface area contributed by atoms with Gasteiger partial charge in [0.25, 0.3) is 5.91 Å². The molecular weight excluding hydrogens is 461 g/mol. The van der Waals surface area contributed by atoms with Crippen molar-refractivity contribution in [1.82, 2.24) is 15.3 Å². The average Bonchev–Trinajstić information content (AvgIpc) is 2.74. The van der Waals surface area contributed by atoms with Crippen molar-refractivity contribution >= 4 is 43.1 Å². The minimum absolute atomic E-state index is 0.0531. The standard InChI is InChI=1S/C19H34N3O8PS/c1-7-16(30-15(4)22(5)9-8-17(24)20-13-23)11-28-31(32-12-19(26)27-6)21-10-18(25)29-14(2)3/h8-9,13-16,21H,7,10-12H2,1-6H3,(H,20,23,24)/b9-8-. The number of carbonyl (C=O) groups excluding carboxylic acids is 4. The lowest BCUT2D eigenvalue weighted by atomic mass is 10.3. The third-order valence-electron chi connectivity index (χ3n) is 3.71. The zero-order chi connectivity index (χ0) is 24.5. The van der Waals surface area contributed by atoms with Gasteiger partial charge in [0.15, 0.2) is 7.50 Å². The van der Waals surface area contributed by atoms with Gasteiger partial charge in [-0.3, -0.25) is 29.6 Å². The fraction of sp³-hybridized carbons (Fsp3) is 0.684. The van der Waals surface area contributed by atoms with Crippen LogP contribution in [0.4, 0.5) is 0 Å². The van der Waals surface area contributed by atoms with Crippen LogP contribution >= 0.6 is 18.9 Å². The maximum absolute atomic E-state index is 11.8. The smallest absolute Gasteiger partial charge is 0.320 e. The molecule has 0 saturated carbocycles. The molecule has 0 radical (unpaired) electrons. The average molecular weight is 496 g/mol. The summed E-state index contributed by atoms with van der Waals surface area (Å²) in [4.78, 5) is 46.5. The molecule has 0 aliphatic rings. The van der Waals surface area contributed by atoms with E-state index in [9.17, 15) is 19.2 Å². The lowest BCUT2D eigenvalue weighted by molar-refractivity contribution is -0.146. The molecule has 3 unspecified atom stereocenters. The molecule has 0 rings (SSSR count). The molecule has 184 valence electrons. The van der Waals surface area contributed by atoms with Crippen molar-refractivity contribution in [2.45, 2.75) is 52.6 Å². The number of imide groups is 1. The van der Waals surface area contributed by atoms with Gasteiger partial charge in [-0.2, -0.15) is 0 Å². The first-order valence-electron chi connectivity index (χ1n) is 9.98. The Morgan fingerprint density at radius 1 is 1.19 bits per heavy atom. The molecular formula is C19H34N3O8PS. The number of ether oxygens (including phenoxy) is 3. The van der Waals surface area contributed by atoms with Gasteiger partial charge in [-0.05, 0) is 27.2 Å². The topological polar surface area (TPSA) is 132 Å². The predicted octanol–water partition coefficient (Wildman–Crippen LogP) is 1.54. The van der Waals surface area contributed by atoms with Crippen LogP contribution in [0.15, 0.2) is 12.3 Å². The molecule has 11 nitrogen and oxygen atoms in total. The third-order valence-corrected chi connectivity index (χ3v) is 6.90. The molecule has 0 heterocycles. The first-order valence-corrected chi connectivity index (χ1v) is 12.8. The number of rotatable bonds is 17. The number of hydrogen-bond acceptors (Lipinski definition) is 11. The molecule has 32 heavy (non-hydrogen) atoms. The van der Waals surface area contributed by atoms with Crippen molar-refractivity contribution in [3.63, 3.8) is 0 Å². The van der Waals surface area contributed by atoms with Crippen molar-refractivity contribution in [3.8, 4) is 0 Å². The van der Waals surface area contributed by atoms with Crippen molar-refractivity contribution in [2.75, 3.05) is 33.1 Å². The van der Waals surface area contributed by atoms with E-state index in [1.165, 1.54) is 30.8 Å². The molecule has 0 aliphatic carbocycles. The number of amides is 2. The van der Waals surface area contributed by atoms with Gasteiger partial charge in [0.2, 0.25) is 6.41 Å². The van der Waals surface area contributed by atoms with Gasteiger partial charge < -0.3 is 23.6 Å². The highest BCUT2D eigenvalue weighted by molar-refractivity contribution is 8.53. The number of nitrogens with zero attached hydrogens (tertiary/aromatic N) is 1. The van der Waals surface area contributed by atoms with E-state index >= 15 is 0 Å². The zero-order valence-electron chi connectivity index (χ0n) is 19.4. The SMILES string of the molecule is CCC(COP(NCC(=O)OC(C)C)SCC(=O)OC)OC(C)N(C)/C=C\C(=O)NC=O. The second kappa shape index (κ2) is 17.8. The fourth-order valence-corrected chi connectivity index (χ4v) is 4.62. The van der Waals surface area contributed by atoms with Crippen LogP contribution in [0.5, 0.6) is 0 Å². The Bertz CT molecular complexity index is 623. The van der Waals surface area contributed by atoms with Gasteiger partial charge in [0.1, 0.15) is 6.23 Å². The lowest BCUT2D eigenvalue weighted by Crippen LogP contribution is -2.33. The first kappa shape index (κ1) is 30.3. The van der Waals surface area contributed by atoms with Gasteiger partial charge in [0, 0.05) is 19.3 Å². The summed E-state index contributed by atoms with van der Waals surface area (Å²) in [6.45, 7) is 7.42. The number of nitrogens with one attached hydrogen (secondary N) is 2. The maximum atomic E-state index is 11.8. The van der Waals surface area contributed by atoms with E-state index in [0.29, 0.717) is 12.8 Å². The number of hydrogen-bond donors (Lipinski definition) is 2. The maximum Gasteiger partial charge on any atom is 0.320 e. The predicted molar refractivity (Wildman–Crippen MR) is 122 cm³/mol. The highest BCUT2D eigenvalue weighted by Crippen LogP contribution is 2.47. The van der Waals surface area contributed by atoms with Crippen LogP contribution in [-0.2, 0) is 37.9 Å². The molecule has 2 amide bonds. The first-order chi connectivity index (χ1) is 15.1. The molecule has 0 fully saturated rings. The molecule has 0 aliphatic heterocycles. The van der Waals surface area contributed by atoms with E-state index in [0.717, 1.165) is 0 Å². The van der Waals surface area contributed by atoms with Crippen LogP contribution in [0.2, 0.25) is 0 Å². The fourth-order valence-electron chi connectivity index (χ4n) is 1.92. The Morgan fingerprint density at radius 3 is 2.44 bits per heavy atom. The Kier molecular flexibility index (Phi) is 16.8. The van der Waals surface area contributed by atoms with Gasteiger partial charge in [-0.25, -0.2) is 0 Å². The lowest BCUT2D eigenvalue weighted by Gasteiger charge is -2.28. The van der Waals surface area contributed by atoms with Gasteiger partial charge >= 0.3 is 11.9 Å². The van der Waals surface area contributed by atoms with Crippen LogP contribution in [0.3, 0.4) is 0 Å². The van der Waals surface area contributed by atoms with Crippen molar-refractivity contribution in [1.29, 1.82) is 0 Å². The summed E-state index contributed by atoms with van der Waals surface area (Å²) in [7, 11) is 1.64. The van der Waals surface area contributed by atoms with Crippen LogP contribution in [0.25, 0.3) is 0 Å². The summed E-state index contributed by atoms with van der Waals surface area (Å²) in [6, 6.07) is 0. The second-order valence-corrected chi connectivity index (χ2v) is 10.1. The highest BCUT2D eigenvalue weighted by Gasteiger charge is 2.20. The summed E-state index contributed by atoms with van der Waals surface area (Å²) >= 11 is 1.21. The Balaban J connectivity index is 4.77. The van der Waals surface area contributed by atoms with E-state index in [4.69, 9.17) is 14.0 Å². The minimum Gasteiger partial charge on any atom is -0.468 e. The molecule has 0 aromatic rings. The monoisotopic (exact) mass is 495 g/mol.